The largest absolute Gasteiger partial charge is 0.491 e. The first-order valence-corrected chi connectivity index (χ1v) is 20.9. The summed E-state index contributed by atoms with van der Waals surface area (Å²) in [5.41, 5.74) is 15.5. The molecule has 0 aliphatic carbocycles. The van der Waals surface area contributed by atoms with Gasteiger partial charge in [-0.25, -0.2) is 15.0 Å². The third kappa shape index (κ3) is 9.03. The molecule has 5 aromatic heterocycles. The number of amides is 4. The average Bonchev–Trinajstić information content (AvgIpc) is 4.00. The summed E-state index contributed by atoms with van der Waals surface area (Å²) in [5.74, 6) is 0.866. The number of anilines is 2. The summed E-state index contributed by atoms with van der Waals surface area (Å²) in [6.07, 6.45) is 5.84. The number of carbonyl (C=O) groups excluding carboxylic acids is 4. The molecule has 1 aromatic carbocycles. The zero-order valence-corrected chi connectivity index (χ0v) is 34.8. The maximum atomic E-state index is 13.8. The molecule has 0 radical (unpaired) electrons. The Labute approximate surface area is 349 Å². The summed E-state index contributed by atoms with van der Waals surface area (Å²) in [6.45, 7) is 12.1. The number of aromatic nitrogens is 9. The van der Waals surface area contributed by atoms with Crippen LogP contribution in [0.5, 0.6) is 5.75 Å². The smallest absolute Gasteiger partial charge is 0.276 e. The summed E-state index contributed by atoms with van der Waals surface area (Å²) >= 11 is 1.95. The van der Waals surface area contributed by atoms with Crippen molar-refractivity contribution in [3.8, 4) is 5.75 Å². The quantitative estimate of drug-likeness (QED) is 0.0761. The highest BCUT2D eigenvalue weighted by atomic mass is 32.2. The van der Waals surface area contributed by atoms with Gasteiger partial charge in [-0.15, -0.1) is 0 Å². The maximum Gasteiger partial charge on any atom is 0.276 e. The number of pyridine rings is 1. The fourth-order valence-corrected chi connectivity index (χ4v) is 8.07. The Morgan fingerprint density at radius 2 is 1.35 bits per heavy atom. The van der Waals surface area contributed by atoms with Crippen LogP contribution in [0.4, 0.5) is 11.9 Å². The molecule has 0 atom stereocenters. The number of ether oxygens (including phenoxy) is 1. The summed E-state index contributed by atoms with van der Waals surface area (Å²) in [4.78, 5) is 68.1. The molecule has 6 aromatic rings. The Kier molecular flexibility index (Phi) is 12.6. The first-order chi connectivity index (χ1) is 28.9. The number of thioether (sulfide) groups is 1. The minimum Gasteiger partial charge on any atom is -0.491 e. The Morgan fingerprint density at radius 3 is 1.95 bits per heavy atom. The van der Waals surface area contributed by atoms with Crippen LogP contribution in [-0.2, 0) is 26.2 Å². The van der Waals surface area contributed by atoms with Crippen molar-refractivity contribution in [2.45, 2.75) is 60.3 Å². The molecule has 20 heteroatoms. The molecule has 4 amide bonds. The van der Waals surface area contributed by atoms with Crippen LogP contribution in [0.1, 0.15) is 73.3 Å². The van der Waals surface area contributed by atoms with Gasteiger partial charge in [-0.2, -0.15) is 22.0 Å². The van der Waals surface area contributed by atoms with Gasteiger partial charge in [-0.05, 0) is 64.4 Å². The number of benzene rings is 1. The topological polar surface area (TPSA) is 241 Å². The fourth-order valence-electron chi connectivity index (χ4n) is 7.09. The second-order valence-corrected chi connectivity index (χ2v) is 15.5. The number of carbonyl (C=O) groups is 4. The molecule has 0 bridgehead atoms. The highest BCUT2D eigenvalue weighted by Gasteiger charge is 2.23. The van der Waals surface area contributed by atoms with Gasteiger partial charge in [-0.3, -0.25) is 43.7 Å². The summed E-state index contributed by atoms with van der Waals surface area (Å²) < 4.78 is 13.1. The van der Waals surface area contributed by atoms with Gasteiger partial charge in [0.25, 0.3) is 11.8 Å². The zero-order valence-electron chi connectivity index (χ0n) is 34.0. The van der Waals surface area contributed by atoms with Gasteiger partial charge in [0.05, 0.1) is 29.1 Å². The number of allylic oxidation sites excluding steroid dienone is 2. The molecule has 0 saturated carbocycles. The SMILES string of the molecule is CCn1nc(C)cc1C(=O)Nc1nc2cc(C(N)=O)cnc2n1C/C=C/Cn1c(NC(=O)c2cc(C)nn2CC)nc2cc(C(N)=O)cc(OCCCN3CCSCC3)c21. The fraction of sp³-hybridized carbons (Fsp3) is 0.375. The van der Waals surface area contributed by atoms with E-state index in [0.717, 1.165) is 37.6 Å². The van der Waals surface area contributed by atoms with Crippen LogP contribution in [0, 0.1) is 13.8 Å². The summed E-state index contributed by atoms with van der Waals surface area (Å²) in [5, 5.41) is 14.7. The third-order valence-electron chi connectivity index (χ3n) is 10.0. The van der Waals surface area contributed by atoms with Crippen LogP contribution in [0.3, 0.4) is 0 Å². The minimum absolute atomic E-state index is 0.169. The van der Waals surface area contributed by atoms with Gasteiger partial charge in [0.1, 0.15) is 28.2 Å². The van der Waals surface area contributed by atoms with Gasteiger partial charge >= 0.3 is 0 Å². The Hall–Kier alpha value is -6.54. The van der Waals surface area contributed by atoms with E-state index in [4.69, 9.17) is 21.2 Å². The number of primary amides is 2. The van der Waals surface area contributed by atoms with Crippen molar-refractivity contribution in [2.24, 2.45) is 11.5 Å². The molecular weight excluding hydrogens is 789 g/mol. The molecule has 19 nitrogen and oxygen atoms in total. The van der Waals surface area contributed by atoms with E-state index < -0.39 is 23.6 Å². The van der Waals surface area contributed by atoms with E-state index in [9.17, 15) is 19.2 Å². The lowest BCUT2D eigenvalue weighted by atomic mass is 10.1. The van der Waals surface area contributed by atoms with Crippen molar-refractivity contribution in [2.75, 3.05) is 48.4 Å². The molecule has 6 heterocycles. The molecule has 1 aliphatic heterocycles. The summed E-state index contributed by atoms with van der Waals surface area (Å²) in [6, 6.07) is 8.10. The number of nitrogens with zero attached hydrogens (tertiary/aromatic N) is 10. The number of fused-ring (bicyclic) bond motifs is 2. The molecule has 1 aliphatic rings. The molecule has 1 saturated heterocycles. The predicted molar refractivity (Wildman–Crippen MR) is 228 cm³/mol. The van der Waals surface area contributed by atoms with Gasteiger partial charge in [-0.1, -0.05) is 12.2 Å². The minimum atomic E-state index is -0.663. The molecule has 0 unspecified atom stereocenters. The van der Waals surface area contributed by atoms with Crippen molar-refractivity contribution in [1.29, 1.82) is 0 Å². The maximum absolute atomic E-state index is 13.8. The second-order valence-electron chi connectivity index (χ2n) is 14.2. The Bertz CT molecular complexity index is 2610. The first-order valence-electron chi connectivity index (χ1n) is 19.7. The molecular formula is C40H48N14O5S. The molecule has 60 heavy (non-hydrogen) atoms. The van der Waals surface area contributed by atoms with Crippen molar-refractivity contribution >= 4 is 69.5 Å². The molecule has 0 spiro atoms. The monoisotopic (exact) mass is 836 g/mol. The Balaban J connectivity index is 1.22. The van der Waals surface area contributed by atoms with E-state index in [-0.39, 0.29) is 36.1 Å². The summed E-state index contributed by atoms with van der Waals surface area (Å²) in [7, 11) is 0. The Morgan fingerprint density at radius 1 is 0.783 bits per heavy atom. The first kappa shape index (κ1) is 41.6. The van der Waals surface area contributed by atoms with Crippen LogP contribution in [-0.4, -0.2) is 110 Å². The van der Waals surface area contributed by atoms with Crippen molar-refractivity contribution in [3.63, 3.8) is 0 Å². The van der Waals surface area contributed by atoms with E-state index in [1.165, 1.54) is 12.3 Å². The molecule has 1 fully saturated rings. The van der Waals surface area contributed by atoms with Crippen molar-refractivity contribution in [1.82, 2.24) is 48.5 Å². The zero-order chi connectivity index (χ0) is 42.5. The van der Waals surface area contributed by atoms with E-state index in [2.05, 4.69) is 35.7 Å². The highest BCUT2D eigenvalue weighted by Crippen LogP contribution is 2.32. The van der Waals surface area contributed by atoms with E-state index in [0.29, 0.717) is 70.4 Å². The van der Waals surface area contributed by atoms with Crippen LogP contribution in [0.25, 0.3) is 22.2 Å². The van der Waals surface area contributed by atoms with Crippen molar-refractivity contribution in [3.05, 3.63) is 82.6 Å². The number of hydrogen-bond donors (Lipinski definition) is 4. The number of rotatable bonds is 17. The standard InChI is InChI=1S/C40H48N14O5S/c1-5-53-30(18-24(3)48-53)37(57)46-39-44-28-20-26(34(41)55)22-32(59-15-9-10-50-13-16-60-17-14-50)33(28)51(39)11-7-8-12-52-36-29(21-27(23-43-36)35(42)56)45-40(52)47-38(58)31-19-25(4)49-54(31)6-2/h7-8,18-23H,5-6,9-17H2,1-4H3,(H2,41,55)(H2,42,56)(H,44,46,57)(H,45,47,58)/b8-7+. The predicted octanol–water partition coefficient (Wildman–Crippen LogP) is 3.61. The van der Waals surface area contributed by atoms with Crippen LogP contribution in [0.2, 0.25) is 0 Å². The lowest BCUT2D eigenvalue weighted by Crippen LogP contribution is -2.33. The normalized spacial score (nSPS) is 13.4. The van der Waals surface area contributed by atoms with E-state index in [1.807, 2.05) is 44.7 Å². The lowest BCUT2D eigenvalue weighted by molar-refractivity contribution is 0.0991. The number of nitrogens with two attached hydrogens (primary N) is 2. The van der Waals surface area contributed by atoms with Crippen LogP contribution < -0.4 is 26.8 Å². The third-order valence-corrected chi connectivity index (χ3v) is 10.9. The number of hydrogen-bond acceptors (Lipinski definition) is 12. The van der Waals surface area contributed by atoms with Crippen LogP contribution >= 0.6 is 11.8 Å². The average molecular weight is 837 g/mol. The van der Waals surface area contributed by atoms with E-state index >= 15 is 0 Å². The van der Waals surface area contributed by atoms with Crippen molar-refractivity contribution < 1.29 is 23.9 Å². The molecule has 7 rings (SSSR count). The number of nitrogens with one attached hydrogen (secondary N) is 2. The number of imidazole rings is 2. The molecule has 314 valence electrons. The second kappa shape index (κ2) is 18.2. The number of aryl methyl sites for hydroxylation is 4. The van der Waals surface area contributed by atoms with Gasteiger partial charge in [0.15, 0.2) is 5.65 Å². The lowest BCUT2D eigenvalue weighted by Gasteiger charge is -2.25. The van der Waals surface area contributed by atoms with Gasteiger partial charge in [0.2, 0.25) is 23.7 Å². The van der Waals surface area contributed by atoms with Gasteiger partial charge in [0, 0.05) is 69.1 Å². The van der Waals surface area contributed by atoms with Gasteiger partial charge < -0.3 is 25.7 Å². The highest BCUT2D eigenvalue weighted by molar-refractivity contribution is 7.99. The molecule has 6 N–H and O–H groups in total. The van der Waals surface area contributed by atoms with Crippen LogP contribution in [0.15, 0.2) is 48.7 Å². The van der Waals surface area contributed by atoms with E-state index in [1.54, 1.807) is 49.7 Å².